The minimum absolute atomic E-state index is 0.00424. The summed E-state index contributed by atoms with van der Waals surface area (Å²) in [5.74, 6) is 1.20. The molecule has 3 aliphatic carbocycles. The molecule has 5 nitrogen and oxygen atoms in total. The molecule has 0 bridgehead atoms. The topological polar surface area (TPSA) is 55.8 Å². The number of nitrogens with one attached hydrogen (secondary N) is 1. The summed E-state index contributed by atoms with van der Waals surface area (Å²) in [5, 5.41) is 13.0. The molecule has 2 heterocycles. The van der Waals surface area contributed by atoms with E-state index in [4.69, 9.17) is 23.2 Å². The Bertz CT molecular complexity index is 979. The van der Waals surface area contributed by atoms with Crippen LogP contribution in [-0.4, -0.2) is 76.1 Å². The lowest BCUT2D eigenvalue weighted by Crippen LogP contribution is -2.64. The van der Waals surface area contributed by atoms with Crippen LogP contribution in [0.4, 0.5) is 4.79 Å². The number of aliphatic hydroxyl groups is 1. The molecule has 1 saturated carbocycles. The van der Waals surface area contributed by atoms with Crippen molar-refractivity contribution < 1.29 is 9.90 Å². The van der Waals surface area contributed by atoms with Crippen LogP contribution in [0.15, 0.2) is 47.1 Å². The predicted octanol–water partition coefficient (Wildman–Crippen LogP) is 5.49. The maximum absolute atomic E-state index is 13.5. The zero-order valence-corrected chi connectivity index (χ0v) is 24.0. The number of nitrogens with zero attached hydrogens (tertiary/aromatic N) is 2. The van der Waals surface area contributed by atoms with E-state index in [-0.39, 0.29) is 41.4 Å². The highest BCUT2D eigenvalue weighted by Crippen LogP contribution is 2.45. The molecule has 7 heteroatoms. The van der Waals surface area contributed by atoms with Crippen molar-refractivity contribution in [2.45, 2.75) is 81.8 Å². The van der Waals surface area contributed by atoms with E-state index in [1.807, 2.05) is 0 Å². The first kappa shape index (κ1) is 27.3. The van der Waals surface area contributed by atoms with Crippen LogP contribution in [0.2, 0.25) is 0 Å². The number of hydrogen-bond donors (Lipinski definition) is 2. The van der Waals surface area contributed by atoms with Crippen LogP contribution in [-0.2, 0) is 0 Å². The number of amides is 2. The summed E-state index contributed by atoms with van der Waals surface area (Å²) in [6.45, 7) is 9.53. The second kappa shape index (κ2) is 11.5. The highest BCUT2D eigenvalue weighted by molar-refractivity contribution is 6.23. The van der Waals surface area contributed by atoms with Gasteiger partial charge in [-0.15, -0.1) is 23.2 Å². The average molecular weight is 549 g/mol. The summed E-state index contributed by atoms with van der Waals surface area (Å²) in [6, 6.07) is 0.428. The van der Waals surface area contributed by atoms with Crippen LogP contribution in [0.3, 0.4) is 0 Å². The Morgan fingerprint density at radius 3 is 2.68 bits per heavy atom. The molecule has 0 aromatic rings. The molecule has 2 saturated heterocycles. The molecule has 8 atom stereocenters. The number of likely N-dealkylation sites (tertiary alicyclic amines) is 1. The zero-order valence-electron chi connectivity index (χ0n) is 22.5. The van der Waals surface area contributed by atoms with Gasteiger partial charge in [0.15, 0.2) is 0 Å². The Morgan fingerprint density at radius 2 is 1.97 bits per heavy atom. The highest BCUT2D eigenvalue weighted by atomic mass is 35.5. The molecule has 2 aliphatic heterocycles. The smallest absolute Gasteiger partial charge is 0.318 e. The van der Waals surface area contributed by atoms with Gasteiger partial charge in [-0.3, -0.25) is 0 Å². The molecular weight excluding hydrogens is 505 g/mol. The number of alkyl halides is 2. The largest absolute Gasteiger partial charge is 0.396 e. The van der Waals surface area contributed by atoms with Gasteiger partial charge in [0.1, 0.15) is 0 Å². The SMILES string of the molecule is CC1CCCC(Cl)C1N1C(=O)NCC2C(C3=CC=CCC3Cl)=CC(C3CN(C(C)C)CC3CCO)=CC21. The van der Waals surface area contributed by atoms with E-state index in [9.17, 15) is 9.90 Å². The van der Waals surface area contributed by atoms with Gasteiger partial charge < -0.3 is 20.2 Å². The molecule has 3 fully saturated rings. The van der Waals surface area contributed by atoms with Crippen molar-refractivity contribution >= 4 is 29.2 Å². The maximum Gasteiger partial charge on any atom is 0.318 e. The molecule has 5 rings (SSSR count). The molecule has 5 aliphatic rings. The van der Waals surface area contributed by atoms with Crippen molar-refractivity contribution in [2.75, 3.05) is 26.2 Å². The standard InChI is InChI=1S/C30H43Cl2N3O2/c1-18(2)34-16-20(11-12-36)25(17-34)21-13-23(22-8-4-5-9-26(22)31)24-15-33-30(37)35(28(24)14-21)29-19(3)7-6-10-27(29)32/h4-5,8,13-14,18-20,24-29,36H,6-7,9-12,15-17H2,1-3H3,(H,33,37). The lowest BCUT2D eigenvalue weighted by Gasteiger charge is -2.51. The van der Waals surface area contributed by atoms with Gasteiger partial charge in [0, 0.05) is 44.1 Å². The number of rotatable bonds is 6. The van der Waals surface area contributed by atoms with Crippen molar-refractivity contribution in [3.05, 3.63) is 47.1 Å². The summed E-state index contributed by atoms with van der Waals surface area (Å²) >= 11 is 13.9. The van der Waals surface area contributed by atoms with Gasteiger partial charge in [-0.1, -0.05) is 43.7 Å². The molecule has 8 unspecified atom stereocenters. The van der Waals surface area contributed by atoms with Crippen molar-refractivity contribution in [3.8, 4) is 0 Å². The van der Waals surface area contributed by atoms with Gasteiger partial charge in [-0.25, -0.2) is 4.79 Å². The number of carbonyl (C=O) groups excluding carboxylic acids is 1. The third-order valence-electron chi connectivity index (χ3n) is 9.49. The third kappa shape index (κ3) is 5.31. The van der Waals surface area contributed by atoms with Crippen molar-refractivity contribution in [1.82, 2.24) is 15.1 Å². The molecule has 0 aromatic heterocycles. The van der Waals surface area contributed by atoms with Gasteiger partial charge in [-0.2, -0.15) is 0 Å². The number of hydrogen-bond acceptors (Lipinski definition) is 3. The van der Waals surface area contributed by atoms with E-state index in [0.29, 0.717) is 30.3 Å². The summed E-state index contributed by atoms with van der Waals surface area (Å²) in [4.78, 5) is 18.2. The summed E-state index contributed by atoms with van der Waals surface area (Å²) < 4.78 is 0. The molecule has 0 aromatic carbocycles. The minimum atomic E-state index is -0.0688. The van der Waals surface area contributed by atoms with Gasteiger partial charge in [0.25, 0.3) is 0 Å². The van der Waals surface area contributed by atoms with Crippen LogP contribution in [0.25, 0.3) is 0 Å². The van der Waals surface area contributed by atoms with Crippen molar-refractivity contribution in [1.29, 1.82) is 0 Å². The number of allylic oxidation sites excluding steroid dienone is 5. The Labute approximate surface area is 232 Å². The fraction of sp³-hybridized carbons (Fsp3) is 0.700. The molecule has 204 valence electrons. The first-order valence-electron chi connectivity index (χ1n) is 14.3. The Morgan fingerprint density at radius 1 is 1.16 bits per heavy atom. The lowest BCUT2D eigenvalue weighted by atomic mass is 9.72. The van der Waals surface area contributed by atoms with Gasteiger partial charge in [0.2, 0.25) is 0 Å². The van der Waals surface area contributed by atoms with Gasteiger partial charge >= 0.3 is 6.03 Å². The minimum Gasteiger partial charge on any atom is -0.396 e. The van der Waals surface area contributed by atoms with Crippen molar-refractivity contribution in [2.24, 2.45) is 23.7 Å². The van der Waals surface area contributed by atoms with Crippen LogP contribution in [0, 0.1) is 23.7 Å². The molecule has 0 radical (unpaired) electrons. The molecule has 2 amide bonds. The van der Waals surface area contributed by atoms with Crippen LogP contribution >= 0.6 is 23.2 Å². The quantitative estimate of drug-likeness (QED) is 0.432. The van der Waals surface area contributed by atoms with E-state index in [1.54, 1.807) is 0 Å². The molecule has 2 N–H and O–H groups in total. The zero-order chi connectivity index (χ0) is 26.3. The molecule has 0 spiro atoms. The first-order valence-corrected chi connectivity index (χ1v) is 15.2. The van der Waals surface area contributed by atoms with E-state index >= 15 is 0 Å². The first-order chi connectivity index (χ1) is 17.8. The van der Waals surface area contributed by atoms with Crippen LogP contribution in [0.5, 0.6) is 0 Å². The number of fused-ring (bicyclic) bond motifs is 1. The Balaban J connectivity index is 1.58. The number of halogens is 2. The Hall–Kier alpha value is -1.27. The monoisotopic (exact) mass is 547 g/mol. The van der Waals surface area contributed by atoms with Crippen LogP contribution in [0.1, 0.15) is 52.9 Å². The number of urea groups is 1. The fourth-order valence-electron chi connectivity index (χ4n) is 7.44. The lowest BCUT2D eigenvalue weighted by molar-refractivity contribution is 0.0792. The maximum atomic E-state index is 13.5. The van der Waals surface area contributed by atoms with Gasteiger partial charge in [-0.05, 0) is 68.1 Å². The van der Waals surface area contributed by atoms with E-state index in [0.717, 1.165) is 45.2 Å². The second-order valence-corrected chi connectivity index (χ2v) is 13.1. The fourth-order valence-corrected chi connectivity index (χ4v) is 8.27. The molecule has 37 heavy (non-hydrogen) atoms. The summed E-state index contributed by atoms with van der Waals surface area (Å²) in [5.41, 5.74) is 3.74. The predicted molar refractivity (Wildman–Crippen MR) is 152 cm³/mol. The normalized spacial score (nSPS) is 38.7. The average Bonchev–Trinajstić information content (AvgIpc) is 3.29. The van der Waals surface area contributed by atoms with Gasteiger partial charge in [0.05, 0.1) is 22.8 Å². The van der Waals surface area contributed by atoms with Crippen LogP contribution < -0.4 is 5.32 Å². The molecular formula is C30H43Cl2N3O2. The summed E-state index contributed by atoms with van der Waals surface area (Å²) in [6.07, 6.45) is 16.0. The second-order valence-electron chi connectivity index (χ2n) is 12.1. The van der Waals surface area contributed by atoms with Crippen molar-refractivity contribution in [3.63, 3.8) is 0 Å². The summed E-state index contributed by atoms with van der Waals surface area (Å²) in [7, 11) is 0. The van der Waals surface area contributed by atoms with E-state index < -0.39 is 0 Å². The highest BCUT2D eigenvalue weighted by Gasteiger charge is 2.48. The number of aliphatic hydroxyl groups excluding tert-OH is 1. The third-order valence-corrected chi connectivity index (χ3v) is 10.4. The number of carbonyl (C=O) groups is 1. The van der Waals surface area contributed by atoms with E-state index in [2.05, 4.69) is 66.3 Å². The van der Waals surface area contributed by atoms with E-state index in [1.165, 1.54) is 16.7 Å². The Kier molecular flexibility index (Phi) is 8.45.